The molecule has 192 valence electrons. The molecule has 0 aliphatic carbocycles. The van der Waals surface area contributed by atoms with Gasteiger partial charge in [0.25, 0.3) is 5.91 Å². The molecule has 5 rings (SSSR count). The summed E-state index contributed by atoms with van der Waals surface area (Å²) in [6.07, 6.45) is 3.43. The van der Waals surface area contributed by atoms with Crippen molar-refractivity contribution in [2.75, 3.05) is 23.3 Å². The van der Waals surface area contributed by atoms with Crippen molar-refractivity contribution in [1.82, 2.24) is 5.32 Å². The molecule has 4 aromatic rings. The Kier molecular flexibility index (Phi) is 8.14. The number of hydrogen-bond acceptors (Lipinski definition) is 3. The Morgan fingerprint density at radius 1 is 0.711 bits per heavy atom. The van der Waals surface area contributed by atoms with Crippen LogP contribution >= 0.6 is 0 Å². The third-order valence-corrected chi connectivity index (χ3v) is 7.03. The number of rotatable bonds is 8. The highest BCUT2D eigenvalue weighted by molar-refractivity contribution is 6.03. The van der Waals surface area contributed by atoms with Crippen molar-refractivity contribution in [3.63, 3.8) is 0 Å². The highest BCUT2D eigenvalue weighted by Crippen LogP contribution is 2.30. The Labute approximate surface area is 224 Å². The second kappa shape index (κ2) is 12.2. The summed E-state index contributed by atoms with van der Waals surface area (Å²) in [5.74, 6) is -0.744. The molecule has 0 saturated carbocycles. The Morgan fingerprint density at radius 2 is 1.29 bits per heavy atom. The summed E-state index contributed by atoms with van der Waals surface area (Å²) < 4.78 is 0. The van der Waals surface area contributed by atoms with Gasteiger partial charge in [0.2, 0.25) is 5.91 Å². The topological polar surface area (TPSA) is 61.4 Å². The Bertz CT molecular complexity index is 1310. The maximum Gasteiger partial charge on any atom is 0.253 e. The van der Waals surface area contributed by atoms with E-state index in [1.807, 2.05) is 109 Å². The molecular weight excluding hydrogens is 470 g/mol. The van der Waals surface area contributed by atoms with Crippen LogP contribution in [0.3, 0.4) is 0 Å². The maximum atomic E-state index is 13.7. The first-order chi connectivity index (χ1) is 18.7. The van der Waals surface area contributed by atoms with E-state index in [-0.39, 0.29) is 11.8 Å². The lowest BCUT2D eigenvalue weighted by Gasteiger charge is -2.30. The lowest BCUT2D eigenvalue weighted by Crippen LogP contribution is -2.33. The van der Waals surface area contributed by atoms with Crippen molar-refractivity contribution in [2.24, 2.45) is 0 Å². The van der Waals surface area contributed by atoms with Gasteiger partial charge in [-0.1, -0.05) is 91.0 Å². The summed E-state index contributed by atoms with van der Waals surface area (Å²) in [6, 6.07) is 35.1. The number of carbonyl (C=O) groups is 2. The van der Waals surface area contributed by atoms with Crippen LogP contribution in [0.4, 0.5) is 11.4 Å². The summed E-state index contributed by atoms with van der Waals surface area (Å²) >= 11 is 0. The highest BCUT2D eigenvalue weighted by atomic mass is 16.2. The predicted molar refractivity (Wildman–Crippen MR) is 153 cm³/mol. The number of nitrogens with one attached hydrogen (secondary N) is 2. The second-order valence-electron chi connectivity index (χ2n) is 9.69. The van der Waals surface area contributed by atoms with E-state index in [4.69, 9.17) is 0 Å². The molecule has 2 N–H and O–H groups in total. The lowest BCUT2D eigenvalue weighted by molar-refractivity contribution is -0.116. The van der Waals surface area contributed by atoms with Crippen molar-refractivity contribution < 1.29 is 9.59 Å². The van der Waals surface area contributed by atoms with Crippen LogP contribution < -0.4 is 15.5 Å². The minimum Gasteiger partial charge on any atom is -0.371 e. The van der Waals surface area contributed by atoms with E-state index >= 15 is 0 Å². The molecule has 1 fully saturated rings. The molecule has 1 aliphatic heterocycles. The van der Waals surface area contributed by atoms with Crippen molar-refractivity contribution >= 4 is 23.2 Å². The Morgan fingerprint density at radius 3 is 1.89 bits per heavy atom. The van der Waals surface area contributed by atoms with Crippen LogP contribution in [-0.2, 0) is 11.3 Å². The zero-order valence-corrected chi connectivity index (χ0v) is 21.5. The van der Waals surface area contributed by atoms with Gasteiger partial charge in [-0.05, 0) is 54.2 Å². The lowest BCUT2D eigenvalue weighted by atomic mass is 9.90. The summed E-state index contributed by atoms with van der Waals surface area (Å²) in [7, 11) is 0. The van der Waals surface area contributed by atoms with Gasteiger partial charge in [0, 0.05) is 31.0 Å². The third-order valence-electron chi connectivity index (χ3n) is 7.03. The zero-order chi connectivity index (χ0) is 26.2. The molecule has 1 heterocycles. The van der Waals surface area contributed by atoms with Crippen LogP contribution in [0.25, 0.3) is 0 Å². The number of amides is 2. The van der Waals surface area contributed by atoms with Gasteiger partial charge >= 0.3 is 0 Å². The van der Waals surface area contributed by atoms with Crippen LogP contribution in [-0.4, -0.2) is 24.9 Å². The summed E-state index contributed by atoms with van der Waals surface area (Å²) in [4.78, 5) is 29.4. The Hall–Kier alpha value is -4.38. The molecule has 0 atom stereocenters. The SMILES string of the molecule is O=C(NCc1ccccc1)c1cc(NC(=O)C(c2ccccc2)c2ccccc2)ccc1N1CCCCC1. The van der Waals surface area contributed by atoms with Crippen molar-refractivity contribution in [1.29, 1.82) is 0 Å². The second-order valence-corrected chi connectivity index (χ2v) is 9.69. The first kappa shape index (κ1) is 25.3. The first-order valence-electron chi connectivity index (χ1n) is 13.3. The minimum absolute atomic E-state index is 0.135. The van der Waals surface area contributed by atoms with Crippen LogP contribution in [0.2, 0.25) is 0 Å². The molecule has 5 nitrogen and oxygen atoms in total. The molecule has 0 aromatic heterocycles. The molecule has 0 bridgehead atoms. The predicted octanol–water partition coefficient (Wildman–Crippen LogP) is 6.38. The summed E-state index contributed by atoms with van der Waals surface area (Å²) in [5, 5.41) is 6.17. The standard InChI is InChI=1S/C33H33N3O2/c37-32(34-24-25-13-5-1-6-14-25)29-23-28(19-20-30(29)36-21-11-4-12-22-36)35-33(38)31(26-15-7-2-8-16-26)27-17-9-3-10-18-27/h1-3,5-10,13-20,23,31H,4,11-12,21-22,24H2,(H,34,37)(H,35,38). The monoisotopic (exact) mass is 503 g/mol. The van der Waals surface area contributed by atoms with Gasteiger partial charge in [-0.15, -0.1) is 0 Å². The number of nitrogens with zero attached hydrogens (tertiary/aromatic N) is 1. The van der Waals surface area contributed by atoms with Crippen LogP contribution in [0, 0.1) is 0 Å². The number of carbonyl (C=O) groups excluding carboxylic acids is 2. The zero-order valence-electron chi connectivity index (χ0n) is 21.5. The average Bonchev–Trinajstić information content (AvgIpc) is 2.98. The summed E-state index contributed by atoms with van der Waals surface area (Å²) in [5.41, 5.74) is 4.98. The van der Waals surface area contributed by atoms with E-state index in [0.717, 1.165) is 48.3 Å². The molecule has 38 heavy (non-hydrogen) atoms. The average molecular weight is 504 g/mol. The maximum absolute atomic E-state index is 13.7. The van der Waals surface area contributed by atoms with E-state index in [9.17, 15) is 9.59 Å². The fraction of sp³-hybridized carbons (Fsp3) is 0.212. The van der Waals surface area contributed by atoms with Gasteiger partial charge in [0.05, 0.1) is 11.5 Å². The molecule has 4 aromatic carbocycles. The molecule has 5 heteroatoms. The van der Waals surface area contributed by atoms with Crippen LogP contribution in [0.1, 0.15) is 52.2 Å². The molecule has 0 spiro atoms. The first-order valence-corrected chi connectivity index (χ1v) is 13.3. The molecule has 0 unspecified atom stereocenters. The van der Waals surface area contributed by atoms with Gasteiger partial charge in [-0.2, -0.15) is 0 Å². The molecule has 2 amide bonds. The smallest absolute Gasteiger partial charge is 0.253 e. The molecule has 1 saturated heterocycles. The summed E-state index contributed by atoms with van der Waals surface area (Å²) in [6.45, 7) is 2.29. The third kappa shape index (κ3) is 6.12. The van der Waals surface area contributed by atoms with Gasteiger partial charge in [0.1, 0.15) is 0 Å². The van der Waals surface area contributed by atoms with Crippen molar-refractivity contribution in [2.45, 2.75) is 31.7 Å². The van der Waals surface area contributed by atoms with Gasteiger partial charge < -0.3 is 15.5 Å². The number of piperidine rings is 1. The van der Waals surface area contributed by atoms with Crippen molar-refractivity contribution in [3.8, 4) is 0 Å². The largest absolute Gasteiger partial charge is 0.371 e. The van der Waals surface area contributed by atoms with Crippen molar-refractivity contribution in [3.05, 3.63) is 131 Å². The van der Waals surface area contributed by atoms with E-state index in [2.05, 4.69) is 15.5 Å². The quantitative estimate of drug-likeness (QED) is 0.293. The van der Waals surface area contributed by atoms with E-state index in [0.29, 0.717) is 17.8 Å². The number of anilines is 2. The van der Waals surface area contributed by atoms with Crippen LogP contribution in [0.5, 0.6) is 0 Å². The molecular formula is C33H33N3O2. The Balaban J connectivity index is 1.42. The number of benzene rings is 4. The van der Waals surface area contributed by atoms with Gasteiger partial charge in [0.15, 0.2) is 0 Å². The van der Waals surface area contributed by atoms with Crippen LogP contribution in [0.15, 0.2) is 109 Å². The van der Waals surface area contributed by atoms with E-state index in [1.54, 1.807) is 0 Å². The molecule has 1 aliphatic rings. The van der Waals surface area contributed by atoms with E-state index in [1.165, 1.54) is 6.42 Å². The van der Waals surface area contributed by atoms with Gasteiger partial charge in [-0.25, -0.2) is 0 Å². The highest BCUT2D eigenvalue weighted by Gasteiger charge is 2.24. The van der Waals surface area contributed by atoms with E-state index < -0.39 is 5.92 Å². The number of hydrogen-bond donors (Lipinski definition) is 2. The normalized spacial score (nSPS) is 13.2. The minimum atomic E-state index is -0.463. The fourth-order valence-corrected chi connectivity index (χ4v) is 5.08. The van der Waals surface area contributed by atoms with Gasteiger partial charge in [-0.3, -0.25) is 9.59 Å². The fourth-order valence-electron chi connectivity index (χ4n) is 5.08. The molecule has 0 radical (unpaired) electrons.